The maximum Gasteiger partial charge on any atom is 0.323 e. The second kappa shape index (κ2) is 9.02. The number of carbonyl (C=O) groups excluding carboxylic acids is 2. The molecule has 2 aliphatic heterocycles. The lowest BCUT2D eigenvalue weighted by molar-refractivity contribution is -0.146. The number of piperidine rings is 1. The Balaban J connectivity index is 1.26. The van der Waals surface area contributed by atoms with Gasteiger partial charge in [0.15, 0.2) is 0 Å². The molecular weight excluding hydrogens is 384 g/mol. The topological polar surface area (TPSA) is 94.1 Å². The second-order valence-corrected chi connectivity index (χ2v) is 8.66. The number of pyridine rings is 1. The standard InChI is InChI=1S/C22H30N4O4/c27-20-14-26(12-11-25(20)15-21(28)29)22(30)24-9-7-16(8-10-24)13-18-6-5-17-3-1-2-4-19(17)23-18/h5-6,16H,1-4,7-15H2,(H,28,29). The van der Waals surface area contributed by atoms with Crippen LogP contribution in [0.15, 0.2) is 12.1 Å². The monoisotopic (exact) mass is 414 g/mol. The minimum atomic E-state index is -1.03. The van der Waals surface area contributed by atoms with Crippen LogP contribution in [0.3, 0.4) is 0 Å². The van der Waals surface area contributed by atoms with Gasteiger partial charge in [-0.3, -0.25) is 14.6 Å². The average Bonchev–Trinajstić information content (AvgIpc) is 2.75. The Morgan fingerprint density at radius 3 is 2.53 bits per heavy atom. The lowest BCUT2D eigenvalue weighted by Crippen LogP contribution is -2.57. The van der Waals surface area contributed by atoms with Gasteiger partial charge in [0.2, 0.25) is 5.91 Å². The number of hydrogen-bond acceptors (Lipinski definition) is 4. The number of aryl methyl sites for hydroxylation is 2. The fourth-order valence-electron chi connectivity index (χ4n) is 4.77. The molecule has 162 valence electrons. The number of hydrogen-bond donors (Lipinski definition) is 1. The average molecular weight is 415 g/mol. The van der Waals surface area contributed by atoms with E-state index in [2.05, 4.69) is 12.1 Å². The third-order valence-corrected chi connectivity index (χ3v) is 6.53. The van der Waals surface area contributed by atoms with Crippen molar-refractivity contribution in [2.75, 3.05) is 39.3 Å². The Morgan fingerprint density at radius 2 is 1.80 bits per heavy atom. The molecule has 0 radical (unpaired) electrons. The molecule has 4 rings (SSSR count). The number of likely N-dealkylation sites (tertiary alicyclic amines) is 1. The first-order valence-corrected chi connectivity index (χ1v) is 11.0. The summed E-state index contributed by atoms with van der Waals surface area (Å²) in [5.41, 5.74) is 3.85. The van der Waals surface area contributed by atoms with Gasteiger partial charge in [0, 0.05) is 37.6 Å². The predicted octanol–water partition coefficient (Wildman–Crippen LogP) is 1.56. The fourth-order valence-corrected chi connectivity index (χ4v) is 4.77. The second-order valence-electron chi connectivity index (χ2n) is 8.66. The number of urea groups is 1. The number of rotatable bonds is 4. The molecule has 1 N–H and O–H groups in total. The molecule has 2 fully saturated rings. The molecule has 0 bridgehead atoms. The van der Waals surface area contributed by atoms with E-state index in [0.717, 1.165) is 32.1 Å². The highest BCUT2D eigenvalue weighted by Gasteiger charge is 2.32. The van der Waals surface area contributed by atoms with Crippen molar-refractivity contribution in [3.8, 4) is 0 Å². The van der Waals surface area contributed by atoms with Gasteiger partial charge in [-0.15, -0.1) is 0 Å². The van der Waals surface area contributed by atoms with E-state index >= 15 is 0 Å². The van der Waals surface area contributed by atoms with Crippen LogP contribution < -0.4 is 0 Å². The number of nitrogens with zero attached hydrogens (tertiary/aromatic N) is 4. The molecule has 1 aliphatic carbocycles. The third kappa shape index (κ3) is 4.74. The molecule has 0 saturated carbocycles. The Hall–Kier alpha value is -2.64. The van der Waals surface area contributed by atoms with E-state index in [9.17, 15) is 14.4 Å². The molecule has 3 aliphatic rings. The third-order valence-electron chi connectivity index (χ3n) is 6.53. The minimum Gasteiger partial charge on any atom is -0.480 e. The summed E-state index contributed by atoms with van der Waals surface area (Å²) in [6.07, 6.45) is 7.58. The van der Waals surface area contributed by atoms with Crippen LogP contribution in [-0.2, 0) is 28.9 Å². The molecular formula is C22H30N4O4. The van der Waals surface area contributed by atoms with E-state index < -0.39 is 5.97 Å². The van der Waals surface area contributed by atoms with Crippen LogP contribution >= 0.6 is 0 Å². The molecule has 1 aromatic rings. The zero-order chi connectivity index (χ0) is 21.1. The molecule has 3 heterocycles. The lowest BCUT2D eigenvalue weighted by atomic mass is 9.90. The van der Waals surface area contributed by atoms with Gasteiger partial charge in [-0.2, -0.15) is 0 Å². The van der Waals surface area contributed by atoms with E-state index in [-0.39, 0.29) is 31.6 Å². The molecule has 8 heteroatoms. The summed E-state index contributed by atoms with van der Waals surface area (Å²) in [5.74, 6) is -0.804. The van der Waals surface area contributed by atoms with Crippen LogP contribution in [0.1, 0.15) is 42.6 Å². The summed E-state index contributed by atoms with van der Waals surface area (Å²) in [7, 11) is 0. The molecule has 3 amide bonds. The van der Waals surface area contributed by atoms with Crippen molar-refractivity contribution in [3.63, 3.8) is 0 Å². The summed E-state index contributed by atoms with van der Waals surface area (Å²) in [5, 5.41) is 8.86. The van der Waals surface area contributed by atoms with Crippen LogP contribution in [0.5, 0.6) is 0 Å². The van der Waals surface area contributed by atoms with Gasteiger partial charge in [-0.1, -0.05) is 6.07 Å². The van der Waals surface area contributed by atoms with Crippen LogP contribution in [0.4, 0.5) is 4.79 Å². The molecule has 2 saturated heterocycles. The van der Waals surface area contributed by atoms with Crippen LogP contribution in [0, 0.1) is 5.92 Å². The Labute approximate surface area is 176 Å². The first-order valence-electron chi connectivity index (χ1n) is 11.0. The van der Waals surface area contributed by atoms with E-state index in [1.807, 2.05) is 4.90 Å². The van der Waals surface area contributed by atoms with Gasteiger partial charge in [0.05, 0.1) is 0 Å². The Kier molecular flexibility index (Phi) is 6.20. The normalized spacial score (nSPS) is 20.3. The van der Waals surface area contributed by atoms with Crippen LogP contribution in [-0.4, -0.2) is 82.0 Å². The molecule has 0 spiro atoms. The number of carbonyl (C=O) groups is 3. The van der Waals surface area contributed by atoms with Gasteiger partial charge in [0.1, 0.15) is 13.1 Å². The Bertz CT molecular complexity index is 819. The smallest absolute Gasteiger partial charge is 0.323 e. The lowest BCUT2D eigenvalue weighted by Gasteiger charge is -2.39. The van der Waals surface area contributed by atoms with E-state index in [0.29, 0.717) is 25.6 Å². The van der Waals surface area contributed by atoms with Gasteiger partial charge in [0.25, 0.3) is 0 Å². The van der Waals surface area contributed by atoms with E-state index in [1.165, 1.54) is 34.7 Å². The summed E-state index contributed by atoms with van der Waals surface area (Å²) in [6, 6.07) is 4.31. The van der Waals surface area contributed by atoms with E-state index in [1.54, 1.807) is 4.90 Å². The van der Waals surface area contributed by atoms with Gasteiger partial charge < -0.3 is 19.8 Å². The number of aromatic nitrogens is 1. The first kappa shape index (κ1) is 20.6. The van der Waals surface area contributed by atoms with Crippen molar-refractivity contribution >= 4 is 17.9 Å². The zero-order valence-corrected chi connectivity index (χ0v) is 17.4. The van der Waals surface area contributed by atoms with Crippen LogP contribution in [0.25, 0.3) is 0 Å². The quantitative estimate of drug-likeness (QED) is 0.807. The van der Waals surface area contributed by atoms with Crippen molar-refractivity contribution in [1.29, 1.82) is 0 Å². The predicted molar refractivity (Wildman–Crippen MR) is 110 cm³/mol. The summed E-state index contributed by atoms with van der Waals surface area (Å²) in [4.78, 5) is 45.3. The number of amides is 3. The highest BCUT2D eigenvalue weighted by Crippen LogP contribution is 2.25. The first-order chi connectivity index (χ1) is 14.5. The zero-order valence-electron chi connectivity index (χ0n) is 17.4. The molecule has 0 atom stereocenters. The van der Waals surface area contributed by atoms with Crippen molar-refractivity contribution < 1.29 is 19.5 Å². The van der Waals surface area contributed by atoms with Crippen LogP contribution in [0.2, 0.25) is 0 Å². The molecule has 30 heavy (non-hydrogen) atoms. The van der Waals surface area contributed by atoms with Gasteiger partial charge in [-0.05, 0) is 62.5 Å². The summed E-state index contributed by atoms with van der Waals surface area (Å²) >= 11 is 0. The molecule has 8 nitrogen and oxygen atoms in total. The van der Waals surface area contributed by atoms with E-state index in [4.69, 9.17) is 10.1 Å². The minimum absolute atomic E-state index is 0.0366. The molecule has 0 unspecified atom stereocenters. The van der Waals surface area contributed by atoms with Crippen molar-refractivity contribution in [3.05, 3.63) is 29.1 Å². The number of fused-ring (bicyclic) bond motifs is 1. The molecule has 1 aromatic heterocycles. The highest BCUT2D eigenvalue weighted by molar-refractivity contribution is 5.87. The largest absolute Gasteiger partial charge is 0.480 e. The van der Waals surface area contributed by atoms with Crippen molar-refractivity contribution in [2.45, 2.75) is 44.9 Å². The number of carboxylic acid groups (broad SMARTS) is 1. The maximum absolute atomic E-state index is 12.8. The molecule has 0 aromatic carbocycles. The maximum atomic E-state index is 12.8. The number of carboxylic acids is 1. The SMILES string of the molecule is O=C(O)CN1CCN(C(=O)N2CCC(Cc3ccc4c(n3)CCCC4)CC2)CC1=O. The highest BCUT2D eigenvalue weighted by atomic mass is 16.4. The van der Waals surface area contributed by atoms with Gasteiger partial charge in [-0.25, -0.2) is 4.79 Å². The number of piperazine rings is 1. The summed E-state index contributed by atoms with van der Waals surface area (Å²) in [6.45, 7) is 1.71. The summed E-state index contributed by atoms with van der Waals surface area (Å²) < 4.78 is 0. The van der Waals surface area contributed by atoms with Gasteiger partial charge >= 0.3 is 12.0 Å². The van der Waals surface area contributed by atoms with Crippen molar-refractivity contribution in [2.24, 2.45) is 5.92 Å². The van der Waals surface area contributed by atoms with Crippen molar-refractivity contribution in [1.82, 2.24) is 19.7 Å². The Morgan fingerprint density at radius 1 is 1.03 bits per heavy atom. The number of aliphatic carboxylic acids is 1. The fraction of sp³-hybridized carbons (Fsp3) is 0.636.